The molecule has 0 aliphatic carbocycles. The fourth-order valence-corrected chi connectivity index (χ4v) is 5.10. The largest absolute Gasteiger partial charge is 0.481 e. The van der Waals surface area contributed by atoms with E-state index < -0.39 is 10.5 Å². The van der Waals surface area contributed by atoms with Crippen molar-refractivity contribution in [2.24, 2.45) is 5.10 Å². The molecule has 10 heteroatoms. The molecule has 0 N–H and O–H groups in total. The van der Waals surface area contributed by atoms with Crippen molar-refractivity contribution in [1.82, 2.24) is 9.66 Å². The Balaban J connectivity index is 1.41. The highest BCUT2D eigenvalue weighted by atomic mass is 79.9. The number of rotatable bonds is 7. The van der Waals surface area contributed by atoms with Gasteiger partial charge in [-0.05, 0) is 58.7 Å². The summed E-state index contributed by atoms with van der Waals surface area (Å²) in [4.78, 5) is 29.7. The molecule has 2 aromatic heterocycles. The molecule has 202 valence electrons. The third-order valence-corrected chi connectivity index (χ3v) is 7.02. The average Bonchev–Trinajstić information content (AvgIpc) is 3.40. The maximum atomic E-state index is 13.5. The highest BCUT2D eigenvalue weighted by Gasteiger charge is 2.21. The van der Waals surface area contributed by atoms with Crippen LogP contribution in [0.3, 0.4) is 0 Å². The summed E-state index contributed by atoms with van der Waals surface area (Å²) in [7, 11) is 0. The van der Waals surface area contributed by atoms with Gasteiger partial charge < -0.3 is 9.15 Å². The molecule has 4 aromatic carbocycles. The molecule has 0 unspecified atom stereocenters. The van der Waals surface area contributed by atoms with Gasteiger partial charge in [-0.25, -0.2) is 4.98 Å². The first-order valence-corrected chi connectivity index (χ1v) is 13.4. The number of hydrogen-bond donors (Lipinski definition) is 0. The molecule has 0 saturated carbocycles. The van der Waals surface area contributed by atoms with Crippen molar-refractivity contribution in [3.63, 3.8) is 0 Å². The van der Waals surface area contributed by atoms with E-state index in [1.807, 2.05) is 55.5 Å². The molecule has 41 heavy (non-hydrogen) atoms. The van der Waals surface area contributed by atoms with Crippen LogP contribution in [0.1, 0.15) is 16.7 Å². The van der Waals surface area contributed by atoms with Crippen LogP contribution in [0.2, 0.25) is 0 Å². The first-order valence-electron chi connectivity index (χ1n) is 12.6. The molecule has 0 spiro atoms. The second-order valence-electron chi connectivity index (χ2n) is 9.35. The summed E-state index contributed by atoms with van der Waals surface area (Å²) in [6.07, 6.45) is 1.37. The Morgan fingerprint density at radius 3 is 2.66 bits per heavy atom. The van der Waals surface area contributed by atoms with E-state index in [0.29, 0.717) is 32.3 Å². The Bertz CT molecular complexity index is 2010. The van der Waals surface area contributed by atoms with Gasteiger partial charge in [0.05, 0.1) is 26.5 Å². The molecule has 9 nitrogen and oxygen atoms in total. The molecule has 0 saturated heterocycles. The van der Waals surface area contributed by atoms with E-state index in [9.17, 15) is 14.9 Å². The number of halogens is 1. The standard InChI is InChI=1S/C31H21BrN4O5/c1-19-7-6-8-20(13-19)18-40-29-24(32)14-21(15-26(29)36(38)39)17-33-35-30(28-16-22-9-2-5-12-27(22)41-28)34-25-11-4-3-10-23(25)31(35)37/h2-17H,18H2,1H3. The molecule has 6 aromatic rings. The number of hydrogen-bond acceptors (Lipinski definition) is 7. The van der Waals surface area contributed by atoms with Crippen LogP contribution in [0.25, 0.3) is 33.5 Å². The van der Waals surface area contributed by atoms with Crippen LogP contribution in [0, 0.1) is 17.0 Å². The zero-order chi connectivity index (χ0) is 28.5. The Morgan fingerprint density at radius 1 is 1.05 bits per heavy atom. The fraction of sp³-hybridized carbons (Fsp3) is 0.0645. The number of nitro groups is 1. The minimum atomic E-state index is -0.517. The molecule has 2 heterocycles. The number of para-hydroxylation sites is 2. The van der Waals surface area contributed by atoms with Crippen LogP contribution in [-0.4, -0.2) is 20.8 Å². The highest BCUT2D eigenvalue weighted by Crippen LogP contribution is 2.37. The van der Waals surface area contributed by atoms with Gasteiger partial charge in [-0.1, -0.05) is 60.2 Å². The van der Waals surface area contributed by atoms with Crippen molar-refractivity contribution >= 4 is 49.7 Å². The predicted molar refractivity (Wildman–Crippen MR) is 161 cm³/mol. The lowest BCUT2D eigenvalue weighted by atomic mass is 10.1. The van der Waals surface area contributed by atoms with Gasteiger partial charge in [-0.3, -0.25) is 14.9 Å². The van der Waals surface area contributed by atoms with E-state index >= 15 is 0 Å². The van der Waals surface area contributed by atoms with E-state index in [4.69, 9.17) is 9.15 Å². The number of benzene rings is 4. The first kappa shape index (κ1) is 26.1. The lowest BCUT2D eigenvalue weighted by Crippen LogP contribution is -2.20. The van der Waals surface area contributed by atoms with Crippen LogP contribution in [-0.2, 0) is 6.61 Å². The van der Waals surface area contributed by atoms with Crippen LogP contribution < -0.4 is 10.3 Å². The van der Waals surface area contributed by atoms with Gasteiger partial charge in [0.15, 0.2) is 5.76 Å². The zero-order valence-electron chi connectivity index (χ0n) is 21.7. The molecule has 0 atom stereocenters. The topological polar surface area (TPSA) is 113 Å². The first-order chi connectivity index (χ1) is 19.9. The van der Waals surface area contributed by atoms with Gasteiger partial charge in [0.2, 0.25) is 11.6 Å². The predicted octanol–water partition coefficient (Wildman–Crippen LogP) is 7.25. The van der Waals surface area contributed by atoms with Crippen molar-refractivity contribution in [1.29, 1.82) is 0 Å². The van der Waals surface area contributed by atoms with Gasteiger partial charge in [0.25, 0.3) is 5.56 Å². The van der Waals surface area contributed by atoms with E-state index in [-0.39, 0.29) is 23.9 Å². The highest BCUT2D eigenvalue weighted by molar-refractivity contribution is 9.10. The molecular weight excluding hydrogens is 588 g/mol. The molecular formula is C31H21BrN4O5. The second-order valence-corrected chi connectivity index (χ2v) is 10.2. The number of furan rings is 1. The quantitative estimate of drug-likeness (QED) is 0.107. The lowest BCUT2D eigenvalue weighted by molar-refractivity contribution is -0.386. The van der Waals surface area contributed by atoms with Crippen LogP contribution in [0.4, 0.5) is 5.69 Å². The zero-order valence-corrected chi connectivity index (χ0v) is 23.2. The van der Waals surface area contributed by atoms with Crippen LogP contribution >= 0.6 is 15.9 Å². The number of fused-ring (bicyclic) bond motifs is 2. The number of nitrogens with zero attached hydrogens (tertiary/aromatic N) is 4. The lowest BCUT2D eigenvalue weighted by Gasteiger charge is -2.10. The molecule has 0 aliphatic rings. The minimum absolute atomic E-state index is 0.0983. The minimum Gasteiger partial charge on any atom is -0.481 e. The van der Waals surface area contributed by atoms with Gasteiger partial charge in [0.1, 0.15) is 12.2 Å². The van der Waals surface area contributed by atoms with Crippen molar-refractivity contribution < 1.29 is 14.1 Å². The molecule has 0 fully saturated rings. The van der Waals surface area contributed by atoms with Crippen molar-refractivity contribution in [3.8, 4) is 17.3 Å². The van der Waals surface area contributed by atoms with Crippen LogP contribution in [0.15, 0.2) is 110 Å². The number of aryl methyl sites for hydroxylation is 1. The Kier molecular flexibility index (Phi) is 6.90. The Hall–Kier alpha value is -5.09. The average molecular weight is 609 g/mol. The third kappa shape index (κ3) is 5.24. The molecule has 6 rings (SSSR count). The molecule has 0 amide bonds. The van der Waals surface area contributed by atoms with Gasteiger partial charge in [-0.15, -0.1) is 0 Å². The van der Waals surface area contributed by atoms with Crippen molar-refractivity contribution in [2.75, 3.05) is 0 Å². The summed E-state index contributed by atoms with van der Waals surface area (Å²) >= 11 is 3.41. The summed E-state index contributed by atoms with van der Waals surface area (Å²) < 4.78 is 13.4. The van der Waals surface area contributed by atoms with Gasteiger partial charge in [-0.2, -0.15) is 9.78 Å². The molecule has 0 aliphatic heterocycles. The number of nitro benzene ring substituents is 1. The summed E-state index contributed by atoms with van der Waals surface area (Å²) in [6, 6.07) is 26.9. The van der Waals surface area contributed by atoms with Gasteiger partial charge in [0, 0.05) is 17.0 Å². The maximum Gasteiger partial charge on any atom is 0.312 e. The number of ether oxygens (including phenoxy) is 1. The smallest absolute Gasteiger partial charge is 0.312 e. The van der Waals surface area contributed by atoms with E-state index in [1.54, 1.807) is 36.4 Å². The SMILES string of the molecule is Cc1cccc(COc2c(Br)cc(C=Nn3c(-c4cc5ccccc5o4)nc4ccccc4c3=O)cc2[N+](=O)[O-])c1. The van der Waals surface area contributed by atoms with Crippen molar-refractivity contribution in [2.45, 2.75) is 13.5 Å². The summed E-state index contributed by atoms with van der Waals surface area (Å²) in [5, 5.41) is 17.6. The number of aromatic nitrogens is 2. The summed E-state index contributed by atoms with van der Waals surface area (Å²) in [5.41, 5.74) is 2.81. The summed E-state index contributed by atoms with van der Waals surface area (Å²) in [5.74, 6) is 0.659. The van der Waals surface area contributed by atoms with Gasteiger partial charge >= 0.3 is 5.69 Å². The molecule has 0 bridgehead atoms. The fourth-order valence-electron chi connectivity index (χ4n) is 4.52. The monoisotopic (exact) mass is 608 g/mol. The van der Waals surface area contributed by atoms with Crippen molar-refractivity contribution in [3.05, 3.63) is 133 Å². The Labute approximate surface area is 241 Å². The van der Waals surface area contributed by atoms with Crippen LogP contribution in [0.5, 0.6) is 5.75 Å². The third-order valence-electron chi connectivity index (χ3n) is 6.43. The van der Waals surface area contributed by atoms with E-state index in [1.165, 1.54) is 12.3 Å². The summed E-state index contributed by atoms with van der Waals surface area (Å²) in [6.45, 7) is 2.12. The normalized spacial score (nSPS) is 11.5. The van der Waals surface area contributed by atoms with E-state index in [2.05, 4.69) is 26.0 Å². The Morgan fingerprint density at radius 2 is 1.85 bits per heavy atom. The second kappa shape index (κ2) is 10.8. The maximum absolute atomic E-state index is 13.5. The molecule has 0 radical (unpaired) electrons. The van der Waals surface area contributed by atoms with E-state index in [0.717, 1.165) is 21.2 Å².